The van der Waals surface area contributed by atoms with Crippen molar-refractivity contribution >= 4 is 0 Å². The van der Waals surface area contributed by atoms with E-state index in [2.05, 4.69) is 5.32 Å². The highest BCUT2D eigenvalue weighted by atomic mass is 19.1. The molecule has 0 amide bonds. The average molecular weight is 239 g/mol. The summed E-state index contributed by atoms with van der Waals surface area (Å²) in [5, 5.41) is 12.4. The first-order chi connectivity index (χ1) is 8.00. The molecule has 3 nitrogen and oxygen atoms in total. The molecule has 1 aliphatic heterocycles. The van der Waals surface area contributed by atoms with Crippen LogP contribution in [0.3, 0.4) is 0 Å². The van der Waals surface area contributed by atoms with Crippen LogP contribution in [-0.4, -0.2) is 29.9 Å². The number of benzene rings is 1. The van der Waals surface area contributed by atoms with Crippen molar-refractivity contribution in [3.05, 3.63) is 29.6 Å². The largest absolute Gasteiger partial charge is 0.488 e. The molecule has 1 aliphatic rings. The molecule has 17 heavy (non-hydrogen) atoms. The van der Waals surface area contributed by atoms with Crippen molar-refractivity contribution in [3.8, 4) is 5.75 Å². The summed E-state index contributed by atoms with van der Waals surface area (Å²) in [6, 6.07) is 4.60. The van der Waals surface area contributed by atoms with Crippen molar-refractivity contribution in [2.45, 2.75) is 31.9 Å². The third kappa shape index (κ3) is 2.96. The molecule has 0 radical (unpaired) electrons. The first-order valence-electron chi connectivity index (χ1n) is 5.81. The molecule has 2 N–H and O–H groups in total. The second-order valence-electron chi connectivity index (χ2n) is 5.12. The van der Waals surface area contributed by atoms with Gasteiger partial charge in [-0.05, 0) is 32.0 Å². The smallest absolute Gasteiger partial charge is 0.123 e. The molecule has 2 rings (SSSR count). The summed E-state index contributed by atoms with van der Waals surface area (Å²) in [4.78, 5) is 0. The van der Waals surface area contributed by atoms with Crippen molar-refractivity contribution in [2.24, 2.45) is 0 Å². The molecule has 1 aromatic rings. The molecule has 0 saturated heterocycles. The maximum absolute atomic E-state index is 13.0. The number of nitrogens with one attached hydrogen (secondary N) is 1. The molecule has 0 aliphatic carbocycles. The van der Waals surface area contributed by atoms with Gasteiger partial charge in [-0.15, -0.1) is 0 Å². The van der Waals surface area contributed by atoms with Crippen LogP contribution in [0.1, 0.15) is 19.4 Å². The van der Waals surface area contributed by atoms with Gasteiger partial charge in [0.25, 0.3) is 0 Å². The minimum atomic E-state index is -0.316. The summed E-state index contributed by atoms with van der Waals surface area (Å²) in [6.45, 7) is 4.56. The van der Waals surface area contributed by atoms with Crippen LogP contribution >= 0.6 is 0 Å². The first-order valence-corrected chi connectivity index (χ1v) is 5.81. The van der Waals surface area contributed by atoms with Gasteiger partial charge in [0.2, 0.25) is 0 Å². The summed E-state index contributed by atoms with van der Waals surface area (Å²) < 4.78 is 18.7. The fourth-order valence-electron chi connectivity index (χ4n) is 1.85. The topological polar surface area (TPSA) is 41.5 Å². The van der Waals surface area contributed by atoms with E-state index in [1.807, 2.05) is 13.8 Å². The van der Waals surface area contributed by atoms with E-state index in [1.165, 1.54) is 12.1 Å². The minimum absolute atomic E-state index is 0.0117. The lowest BCUT2D eigenvalue weighted by Crippen LogP contribution is -2.47. The molecule has 1 aromatic carbocycles. The molecule has 0 aromatic heterocycles. The lowest BCUT2D eigenvalue weighted by Gasteiger charge is -2.25. The van der Waals surface area contributed by atoms with Crippen LogP contribution < -0.4 is 10.1 Å². The van der Waals surface area contributed by atoms with Gasteiger partial charge in [-0.25, -0.2) is 4.39 Å². The van der Waals surface area contributed by atoms with E-state index in [1.54, 1.807) is 6.07 Å². The summed E-state index contributed by atoms with van der Waals surface area (Å²) in [5.41, 5.74) is 0.599. The van der Waals surface area contributed by atoms with E-state index in [0.717, 1.165) is 11.3 Å². The second kappa shape index (κ2) is 4.63. The van der Waals surface area contributed by atoms with Crippen molar-refractivity contribution in [3.63, 3.8) is 0 Å². The molecule has 0 spiro atoms. The van der Waals surface area contributed by atoms with E-state index in [0.29, 0.717) is 13.0 Å². The predicted molar refractivity (Wildman–Crippen MR) is 63.7 cm³/mol. The van der Waals surface area contributed by atoms with Gasteiger partial charge in [0, 0.05) is 24.1 Å². The first kappa shape index (κ1) is 12.3. The average Bonchev–Trinajstić information content (AvgIpc) is 2.68. The predicted octanol–water partition coefficient (Wildman–Crippen LogP) is 1.49. The van der Waals surface area contributed by atoms with E-state index in [9.17, 15) is 4.39 Å². The Morgan fingerprint density at radius 1 is 1.53 bits per heavy atom. The number of hydrogen-bond donors (Lipinski definition) is 2. The fraction of sp³-hybridized carbons (Fsp3) is 0.538. The summed E-state index contributed by atoms with van der Waals surface area (Å²) in [7, 11) is 0. The highest BCUT2D eigenvalue weighted by Gasteiger charge is 2.25. The van der Waals surface area contributed by atoms with Gasteiger partial charge < -0.3 is 15.2 Å². The second-order valence-corrected chi connectivity index (χ2v) is 5.12. The summed E-state index contributed by atoms with van der Waals surface area (Å²) >= 11 is 0. The summed E-state index contributed by atoms with van der Waals surface area (Å²) in [5.74, 6) is 0.539. The quantitative estimate of drug-likeness (QED) is 0.836. The SMILES string of the molecule is CC(C)(CO)NCC1Cc2cc(F)ccc2O1. The Hall–Kier alpha value is -1.13. The summed E-state index contributed by atoms with van der Waals surface area (Å²) in [6.07, 6.45) is 0.722. The van der Waals surface area contributed by atoms with Crippen molar-refractivity contribution in [1.29, 1.82) is 0 Å². The maximum Gasteiger partial charge on any atom is 0.123 e. The van der Waals surface area contributed by atoms with Crippen molar-refractivity contribution in [2.75, 3.05) is 13.2 Å². The fourth-order valence-corrected chi connectivity index (χ4v) is 1.85. The zero-order chi connectivity index (χ0) is 12.5. The lowest BCUT2D eigenvalue weighted by molar-refractivity contribution is 0.160. The normalized spacial score (nSPS) is 18.9. The van der Waals surface area contributed by atoms with Gasteiger partial charge in [-0.2, -0.15) is 0 Å². The third-order valence-corrected chi connectivity index (χ3v) is 2.97. The number of aliphatic hydroxyl groups is 1. The third-order valence-electron chi connectivity index (χ3n) is 2.97. The molecule has 0 fully saturated rings. The van der Waals surface area contributed by atoms with Crippen LogP contribution in [0, 0.1) is 5.82 Å². The van der Waals surface area contributed by atoms with Crippen molar-refractivity contribution < 1.29 is 14.2 Å². The van der Waals surface area contributed by atoms with Gasteiger partial charge >= 0.3 is 0 Å². The zero-order valence-electron chi connectivity index (χ0n) is 10.2. The highest BCUT2D eigenvalue weighted by Crippen LogP contribution is 2.29. The monoisotopic (exact) mass is 239 g/mol. The standard InChI is InChI=1S/C13H18FNO2/c1-13(2,8-16)15-7-11-6-9-5-10(14)3-4-12(9)17-11/h3-5,11,15-16H,6-8H2,1-2H3. The Kier molecular flexibility index (Phi) is 3.35. The van der Waals surface area contributed by atoms with Crippen LogP contribution in [0.5, 0.6) is 5.75 Å². The van der Waals surface area contributed by atoms with Crippen molar-refractivity contribution in [1.82, 2.24) is 5.32 Å². The lowest BCUT2D eigenvalue weighted by atomic mass is 10.1. The number of hydrogen-bond acceptors (Lipinski definition) is 3. The Balaban J connectivity index is 1.92. The Morgan fingerprint density at radius 2 is 2.29 bits per heavy atom. The number of aliphatic hydroxyl groups excluding tert-OH is 1. The molecular formula is C13H18FNO2. The molecule has 1 unspecified atom stereocenters. The van der Waals surface area contributed by atoms with Crippen LogP contribution in [-0.2, 0) is 6.42 Å². The molecule has 0 bridgehead atoms. The molecule has 4 heteroatoms. The molecule has 94 valence electrons. The van der Waals surface area contributed by atoms with Gasteiger partial charge in [0.15, 0.2) is 0 Å². The van der Waals surface area contributed by atoms with Gasteiger partial charge in [0.1, 0.15) is 17.7 Å². The van der Waals surface area contributed by atoms with Crippen LogP contribution in [0.15, 0.2) is 18.2 Å². The molecule has 0 saturated carbocycles. The van der Waals surface area contributed by atoms with E-state index in [-0.39, 0.29) is 24.1 Å². The van der Waals surface area contributed by atoms with Gasteiger partial charge in [-0.1, -0.05) is 0 Å². The van der Waals surface area contributed by atoms with Crippen LogP contribution in [0.25, 0.3) is 0 Å². The Morgan fingerprint density at radius 3 is 3.00 bits per heavy atom. The highest BCUT2D eigenvalue weighted by molar-refractivity contribution is 5.37. The maximum atomic E-state index is 13.0. The van der Waals surface area contributed by atoms with E-state index in [4.69, 9.17) is 9.84 Å². The van der Waals surface area contributed by atoms with E-state index >= 15 is 0 Å². The Bertz CT molecular complexity index is 406. The number of rotatable bonds is 4. The molecular weight excluding hydrogens is 221 g/mol. The zero-order valence-corrected chi connectivity index (χ0v) is 10.2. The van der Waals surface area contributed by atoms with Gasteiger partial charge in [-0.3, -0.25) is 0 Å². The number of fused-ring (bicyclic) bond motifs is 1. The number of ether oxygens (including phenoxy) is 1. The van der Waals surface area contributed by atoms with Crippen LogP contribution in [0.2, 0.25) is 0 Å². The van der Waals surface area contributed by atoms with E-state index < -0.39 is 0 Å². The number of halogens is 1. The van der Waals surface area contributed by atoms with Gasteiger partial charge in [0.05, 0.1) is 6.61 Å². The van der Waals surface area contributed by atoms with Crippen LogP contribution in [0.4, 0.5) is 4.39 Å². The Labute approximate surface area is 101 Å². The minimum Gasteiger partial charge on any atom is -0.488 e. The molecule has 1 atom stereocenters. The molecule has 1 heterocycles.